The molecule has 30 heavy (non-hydrogen) atoms. The van der Waals surface area contributed by atoms with Crippen LogP contribution in [0.15, 0.2) is 46.9 Å². The van der Waals surface area contributed by atoms with E-state index in [2.05, 4.69) is 10.6 Å². The standard InChI is InChI=1S/C22H26N2O6/c1-15(20(25)24-22(27)23-16-8-4-2-5-9-16)29-21(26)19-13-12-18(30-19)14-28-17-10-6-3-7-11-17/h3,6-7,10-13,15-16H,2,4-5,8-9,14H2,1H3,(H2,23,24,25,27)/t15-/m1/s1. The molecule has 3 amide bonds. The van der Waals surface area contributed by atoms with E-state index in [0.717, 1.165) is 25.7 Å². The van der Waals surface area contributed by atoms with Gasteiger partial charge >= 0.3 is 12.0 Å². The van der Waals surface area contributed by atoms with Crippen molar-refractivity contribution in [3.8, 4) is 5.75 Å². The SMILES string of the molecule is C[C@@H](OC(=O)c1ccc(COc2ccccc2)o1)C(=O)NC(=O)NC1CCCCC1. The number of hydrogen-bond acceptors (Lipinski definition) is 6. The summed E-state index contributed by atoms with van der Waals surface area (Å²) in [5, 5.41) is 4.99. The fraction of sp³-hybridized carbons (Fsp3) is 0.409. The summed E-state index contributed by atoms with van der Waals surface area (Å²) in [6.07, 6.45) is 3.95. The van der Waals surface area contributed by atoms with Crippen LogP contribution in [0.2, 0.25) is 0 Å². The Morgan fingerprint density at radius 3 is 2.53 bits per heavy atom. The molecule has 2 N–H and O–H groups in total. The zero-order valence-corrected chi connectivity index (χ0v) is 16.9. The monoisotopic (exact) mass is 414 g/mol. The van der Waals surface area contributed by atoms with Gasteiger partial charge in [0.15, 0.2) is 6.10 Å². The minimum atomic E-state index is -1.15. The van der Waals surface area contributed by atoms with Gasteiger partial charge in [-0.3, -0.25) is 10.1 Å². The van der Waals surface area contributed by atoms with E-state index in [4.69, 9.17) is 13.9 Å². The zero-order chi connectivity index (χ0) is 21.3. The molecule has 1 saturated carbocycles. The smallest absolute Gasteiger partial charge is 0.375 e. The number of nitrogens with one attached hydrogen (secondary N) is 2. The molecule has 0 aliphatic heterocycles. The molecule has 2 aromatic rings. The van der Waals surface area contributed by atoms with Crippen LogP contribution in [0.5, 0.6) is 5.75 Å². The molecule has 0 unspecified atom stereocenters. The first-order chi connectivity index (χ1) is 14.5. The van der Waals surface area contributed by atoms with Gasteiger partial charge in [0.2, 0.25) is 5.76 Å². The first-order valence-electron chi connectivity index (χ1n) is 10.1. The number of ether oxygens (including phenoxy) is 2. The molecule has 8 nitrogen and oxygen atoms in total. The molecule has 0 radical (unpaired) electrons. The molecule has 0 spiro atoms. The summed E-state index contributed by atoms with van der Waals surface area (Å²) in [6, 6.07) is 11.7. The lowest BCUT2D eigenvalue weighted by molar-refractivity contribution is -0.128. The lowest BCUT2D eigenvalue weighted by atomic mass is 9.96. The van der Waals surface area contributed by atoms with Crippen LogP contribution < -0.4 is 15.4 Å². The van der Waals surface area contributed by atoms with E-state index in [1.54, 1.807) is 6.07 Å². The van der Waals surface area contributed by atoms with E-state index < -0.39 is 24.0 Å². The van der Waals surface area contributed by atoms with Crippen molar-refractivity contribution >= 4 is 17.9 Å². The topological polar surface area (TPSA) is 107 Å². The van der Waals surface area contributed by atoms with Gasteiger partial charge in [-0.2, -0.15) is 0 Å². The van der Waals surface area contributed by atoms with E-state index in [-0.39, 0.29) is 18.4 Å². The zero-order valence-electron chi connectivity index (χ0n) is 16.9. The molecule has 1 fully saturated rings. The fourth-order valence-electron chi connectivity index (χ4n) is 3.19. The lowest BCUT2D eigenvalue weighted by Gasteiger charge is -2.23. The number of rotatable bonds is 7. The first kappa shape index (κ1) is 21.4. The van der Waals surface area contributed by atoms with Crippen molar-refractivity contribution in [1.82, 2.24) is 10.6 Å². The van der Waals surface area contributed by atoms with Crippen LogP contribution in [0.1, 0.15) is 55.3 Å². The molecule has 160 valence electrons. The molecule has 1 aliphatic carbocycles. The number of carbonyl (C=O) groups is 3. The molecular weight excluding hydrogens is 388 g/mol. The highest BCUT2D eigenvalue weighted by molar-refractivity contribution is 5.98. The van der Waals surface area contributed by atoms with Crippen LogP contribution in [-0.4, -0.2) is 30.1 Å². The summed E-state index contributed by atoms with van der Waals surface area (Å²) in [5.74, 6) is -0.426. The number of urea groups is 1. The van der Waals surface area contributed by atoms with Crippen LogP contribution in [0.3, 0.4) is 0 Å². The predicted octanol–water partition coefficient (Wildman–Crippen LogP) is 3.56. The molecule has 8 heteroatoms. The van der Waals surface area contributed by atoms with Crippen molar-refractivity contribution in [1.29, 1.82) is 0 Å². The van der Waals surface area contributed by atoms with Crippen LogP contribution in [0, 0.1) is 0 Å². The highest BCUT2D eigenvalue weighted by Gasteiger charge is 2.24. The minimum Gasteiger partial charge on any atom is -0.486 e. The second kappa shape index (κ2) is 10.5. The minimum absolute atomic E-state index is 0.0482. The van der Waals surface area contributed by atoms with Crippen LogP contribution in [0.4, 0.5) is 4.79 Å². The third-order valence-electron chi connectivity index (χ3n) is 4.82. The number of hydrogen-bond donors (Lipinski definition) is 2. The summed E-state index contributed by atoms with van der Waals surface area (Å²) >= 11 is 0. The molecule has 3 rings (SSSR count). The Balaban J connectivity index is 1.43. The van der Waals surface area contributed by atoms with Crippen molar-refractivity contribution < 1.29 is 28.3 Å². The molecule has 1 heterocycles. The van der Waals surface area contributed by atoms with Crippen molar-refractivity contribution in [3.05, 3.63) is 54.0 Å². The van der Waals surface area contributed by atoms with Crippen LogP contribution >= 0.6 is 0 Å². The fourth-order valence-corrected chi connectivity index (χ4v) is 3.19. The van der Waals surface area contributed by atoms with Crippen molar-refractivity contribution in [3.63, 3.8) is 0 Å². The van der Waals surface area contributed by atoms with Crippen LogP contribution in [0.25, 0.3) is 0 Å². The summed E-state index contributed by atoms with van der Waals surface area (Å²) < 4.78 is 16.1. The summed E-state index contributed by atoms with van der Waals surface area (Å²) in [4.78, 5) is 36.3. The highest BCUT2D eigenvalue weighted by atomic mass is 16.6. The lowest BCUT2D eigenvalue weighted by Crippen LogP contribution is -2.48. The maximum absolute atomic E-state index is 12.2. The summed E-state index contributed by atoms with van der Waals surface area (Å²) in [5.41, 5.74) is 0. The van der Waals surface area contributed by atoms with Gasteiger partial charge in [-0.1, -0.05) is 37.5 Å². The normalized spacial score (nSPS) is 15.1. The number of amides is 3. The van der Waals surface area contributed by atoms with Crippen molar-refractivity contribution in [2.24, 2.45) is 0 Å². The molecule has 1 aromatic carbocycles. The predicted molar refractivity (Wildman–Crippen MR) is 108 cm³/mol. The molecule has 1 aliphatic rings. The average molecular weight is 414 g/mol. The molecule has 1 aromatic heterocycles. The van der Waals surface area contributed by atoms with E-state index in [9.17, 15) is 14.4 Å². The van der Waals surface area contributed by atoms with Gasteiger partial charge < -0.3 is 19.2 Å². The van der Waals surface area contributed by atoms with E-state index in [0.29, 0.717) is 11.5 Å². The maximum Gasteiger partial charge on any atom is 0.375 e. The van der Waals surface area contributed by atoms with Gasteiger partial charge in [0, 0.05) is 6.04 Å². The second-order valence-electron chi connectivity index (χ2n) is 7.21. The van der Waals surface area contributed by atoms with Gasteiger partial charge in [0.05, 0.1) is 0 Å². The Morgan fingerprint density at radius 2 is 1.80 bits per heavy atom. The van der Waals surface area contributed by atoms with Gasteiger partial charge in [0.25, 0.3) is 5.91 Å². The molecule has 0 saturated heterocycles. The third-order valence-corrected chi connectivity index (χ3v) is 4.82. The number of para-hydroxylation sites is 1. The summed E-state index contributed by atoms with van der Waals surface area (Å²) in [7, 11) is 0. The summed E-state index contributed by atoms with van der Waals surface area (Å²) in [6.45, 7) is 1.54. The highest BCUT2D eigenvalue weighted by Crippen LogP contribution is 2.17. The number of furan rings is 1. The van der Waals surface area contributed by atoms with Crippen molar-refractivity contribution in [2.75, 3.05) is 0 Å². The third kappa shape index (κ3) is 6.37. The van der Waals surface area contributed by atoms with Crippen LogP contribution in [-0.2, 0) is 16.1 Å². The van der Waals surface area contributed by atoms with Gasteiger partial charge in [-0.05, 0) is 44.0 Å². The van der Waals surface area contributed by atoms with Gasteiger partial charge in [-0.15, -0.1) is 0 Å². The largest absolute Gasteiger partial charge is 0.486 e. The Morgan fingerprint density at radius 1 is 1.07 bits per heavy atom. The average Bonchev–Trinajstić information content (AvgIpc) is 3.23. The Kier molecular flexibility index (Phi) is 7.48. The Labute approximate surface area is 174 Å². The van der Waals surface area contributed by atoms with Gasteiger partial charge in [0.1, 0.15) is 18.1 Å². The molecular formula is C22H26N2O6. The quantitative estimate of drug-likeness (QED) is 0.671. The Bertz CT molecular complexity index is 858. The maximum atomic E-state index is 12.2. The Hall–Kier alpha value is -3.29. The number of imide groups is 1. The van der Waals surface area contributed by atoms with Crippen molar-refractivity contribution in [2.45, 2.75) is 57.8 Å². The van der Waals surface area contributed by atoms with E-state index in [1.807, 2.05) is 30.3 Å². The van der Waals surface area contributed by atoms with E-state index in [1.165, 1.54) is 19.4 Å². The van der Waals surface area contributed by atoms with E-state index >= 15 is 0 Å². The number of benzene rings is 1. The first-order valence-corrected chi connectivity index (χ1v) is 10.1. The molecule has 1 atom stereocenters. The number of esters is 1. The second-order valence-corrected chi connectivity index (χ2v) is 7.21. The molecule has 0 bridgehead atoms. The van der Waals surface area contributed by atoms with Gasteiger partial charge in [-0.25, -0.2) is 9.59 Å². The number of carbonyl (C=O) groups excluding carboxylic acids is 3.